The number of benzene rings is 1. The Labute approximate surface area is 181 Å². The molecule has 0 aromatic heterocycles. The number of aliphatic carboxylic acids is 1. The van der Waals surface area contributed by atoms with Crippen molar-refractivity contribution < 1.29 is 43.5 Å². The monoisotopic (exact) mass is 438 g/mol. The summed E-state index contributed by atoms with van der Waals surface area (Å²) in [5.41, 5.74) is 1.24. The molecular formula is C22H30O9. The first kappa shape index (κ1) is 24.8. The zero-order valence-corrected chi connectivity index (χ0v) is 17.8. The molecule has 1 aromatic carbocycles. The van der Waals surface area contributed by atoms with Crippen LogP contribution in [0.4, 0.5) is 0 Å². The second-order valence-corrected chi connectivity index (χ2v) is 6.82. The largest absolute Gasteiger partial charge is 0.475 e. The van der Waals surface area contributed by atoms with Crippen molar-refractivity contribution in [3.05, 3.63) is 47.2 Å². The summed E-state index contributed by atoms with van der Waals surface area (Å²) in [6.45, 7) is 3.54. The molecule has 2 rings (SSSR count). The second-order valence-electron chi connectivity index (χ2n) is 6.82. The molecule has 31 heavy (non-hydrogen) atoms. The van der Waals surface area contributed by atoms with E-state index in [2.05, 4.69) is 0 Å². The summed E-state index contributed by atoms with van der Waals surface area (Å²) in [7, 11) is 1.31. The molecule has 2 N–H and O–H groups in total. The van der Waals surface area contributed by atoms with Crippen LogP contribution in [0.5, 0.6) is 0 Å². The van der Waals surface area contributed by atoms with Crippen molar-refractivity contribution >= 4 is 11.9 Å². The summed E-state index contributed by atoms with van der Waals surface area (Å²) in [5.74, 6) is -2.30. The molecule has 9 heteroatoms. The van der Waals surface area contributed by atoms with Crippen LogP contribution < -0.4 is 0 Å². The lowest BCUT2D eigenvalue weighted by Gasteiger charge is -2.36. The molecule has 9 nitrogen and oxygen atoms in total. The smallest absolute Gasteiger partial charge is 0.370 e. The van der Waals surface area contributed by atoms with Crippen molar-refractivity contribution in [3.8, 4) is 0 Å². The number of carbonyl (C=O) groups excluding carboxylic acids is 1. The van der Waals surface area contributed by atoms with Crippen molar-refractivity contribution in [1.82, 2.24) is 0 Å². The first-order chi connectivity index (χ1) is 15.0. The number of aliphatic hydroxyl groups excluding tert-OH is 1. The van der Waals surface area contributed by atoms with Crippen molar-refractivity contribution in [1.29, 1.82) is 0 Å². The molecule has 1 heterocycles. The van der Waals surface area contributed by atoms with Gasteiger partial charge in [0.2, 0.25) is 12.0 Å². The van der Waals surface area contributed by atoms with Gasteiger partial charge in [-0.1, -0.05) is 12.1 Å². The van der Waals surface area contributed by atoms with Gasteiger partial charge in [-0.25, -0.2) is 9.59 Å². The molecule has 0 saturated heterocycles. The molecule has 0 unspecified atom stereocenters. The van der Waals surface area contributed by atoms with E-state index in [0.717, 1.165) is 5.56 Å². The highest BCUT2D eigenvalue weighted by molar-refractivity contribution is 5.89. The third kappa shape index (κ3) is 7.32. The number of methoxy groups -OCH3 is 1. The van der Waals surface area contributed by atoms with Crippen LogP contribution >= 0.6 is 0 Å². The van der Waals surface area contributed by atoms with Gasteiger partial charge in [-0.05, 0) is 37.1 Å². The highest BCUT2D eigenvalue weighted by atomic mass is 16.7. The van der Waals surface area contributed by atoms with Gasteiger partial charge in [0.1, 0.15) is 0 Å². The van der Waals surface area contributed by atoms with Gasteiger partial charge < -0.3 is 33.9 Å². The maximum absolute atomic E-state index is 11.7. The van der Waals surface area contributed by atoms with Gasteiger partial charge in [0.15, 0.2) is 0 Å². The topological polar surface area (TPSA) is 121 Å². The Balaban J connectivity index is 2.17. The molecule has 0 fully saturated rings. The quantitative estimate of drug-likeness (QED) is 0.352. The number of allylic oxidation sites excluding steroid dienone is 1. The maximum Gasteiger partial charge on any atom is 0.370 e. The summed E-state index contributed by atoms with van der Waals surface area (Å²) < 4.78 is 26.8. The third-order valence-electron chi connectivity index (χ3n) is 4.85. The average Bonchev–Trinajstić information content (AvgIpc) is 2.78. The highest BCUT2D eigenvalue weighted by Gasteiger charge is 2.38. The van der Waals surface area contributed by atoms with E-state index in [9.17, 15) is 14.7 Å². The van der Waals surface area contributed by atoms with E-state index < -0.39 is 18.2 Å². The van der Waals surface area contributed by atoms with Gasteiger partial charge in [-0.2, -0.15) is 0 Å². The van der Waals surface area contributed by atoms with E-state index in [1.54, 1.807) is 30.3 Å². The lowest BCUT2D eigenvalue weighted by atomic mass is 9.81. The number of esters is 1. The van der Waals surface area contributed by atoms with Gasteiger partial charge in [-0.3, -0.25) is 0 Å². The van der Waals surface area contributed by atoms with Crippen LogP contribution in [-0.4, -0.2) is 75.2 Å². The SMILES string of the molecule is CCO[C@H]1OC(C(=O)O)=C[C@@H](c2ccc(C(=O)OC)cc2)[C@H]1CCOCCOCCO. The summed E-state index contributed by atoms with van der Waals surface area (Å²) in [6, 6.07) is 6.84. The molecule has 3 atom stereocenters. The van der Waals surface area contributed by atoms with Gasteiger partial charge in [0, 0.05) is 25.0 Å². The highest BCUT2D eigenvalue weighted by Crippen LogP contribution is 2.38. The fourth-order valence-electron chi connectivity index (χ4n) is 3.38. The minimum Gasteiger partial charge on any atom is -0.475 e. The van der Waals surface area contributed by atoms with E-state index in [1.807, 2.05) is 6.92 Å². The fraction of sp³-hybridized carbons (Fsp3) is 0.545. The van der Waals surface area contributed by atoms with E-state index in [1.165, 1.54) is 7.11 Å². The molecule has 1 aromatic rings. The lowest BCUT2D eigenvalue weighted by molar-refractivity contribution is -0.174. The summed E-state index contributed by atoms with van der Waals surface area (Å²) in [4.78, 5) is 23.3. The molecule has 0 aliphatic carbocycles. The molecular weight excluding hydrogens is 408 g/mol. The predicted molar refractivity (Wildman–Crippen MR) is 110 cm³/mol. The van der Waals surface area contributed by atoms with Crippen molar-refractivity contribution in [2.45, 2.75) is 25.6 Å². The van der Waals surface area contributed by atoms with E-state index in [0.29, 0.717) is 38.4 Å². The van der Waals surface area contributed by atoms with E-state index in [4.69, 9.17) is 28.8 Å². The Morgan fingerprint density at radius 2 is 1.74 bits per heavy atom. The molecule has 0 spiro atoms. The number of carbonyl (C=O) groups is 2. The number of carboxylic acid groups (broad SMARTS) is 1. The summed E-state index contributed by atoms with van der Waals surface area (Å²) >= 11 is 0. The van der Waals surface area contributed by atoms with Crippen LogP contribution in [-0.2, 0) is 28.5 Å². The van der Waals surface area contributed by atoms with E-state index >= 15 is 0 Å². The second kappa shape index (κ2) is 13.1. The normalized spacial score (nSPS) is 20.6. The average molecular weight is 438 g/mol. The molecule has 0 saturated carbocycles. The molecule has 1 aliphatic heterocycles. The third-order valence-corrected chi connectivity index (χ3v) is 4.85. The van der Waals surface area contributed by atoms with Crippen LogP contribution in [0.15, 0.2) is 36.1 Å². The van der Waals surface area contributed by atoms with Crippen LogP contribution in [0, 0.1) is 5.92 Å². The first-order valence-corrected chi connectivity index (χ1v) is 10.2. The lowest BCUT2D eigenvalue weighted by Crippen LogP contribution is -2.37. The standard InChI is InChI=1S/C22H30O9/c1-3-30-22-17(8-10-28-12-13-29-11-9-23)18(14-19(31-22)20(24)25)15-4-6-16(7-5-15)21(26)27-2/h4-7,14,17-18,22-23H,3,8-13H2,1-2H3,(H,24,25)/t17-,18+,22+/m1/s1. The number of ether oxygens (including phenoxy) is 5. The maximum atomic E-state index is 11.7. The summed E-state index contributed by atoms with van der Waals surface area (Å²) in [5, 5.41) is 18.2. The van der Waals surface area contributed by atoms with Crippen molar-refractivity contribution in [3.63, 3.8) is 0 Å². The molecule has 1 aliphatic rings. The van der Waals surface area contributed by atoms with Gasteiger partial charge in [0.05, 0.1) is 39.1 Å². The molecule has 172 valence electrons. The Bertz CT molecular complexity index is 729. The van der Waals surface area contributed by atoms with E-state index in [-0.39, 0.29) is 30.8 Å². The predicted octanol–water partition coefficient (Wildman–Crippen LogP) is 1.95. The Morgan fingerprint density at radius 3 is 2.32 bits per heavy atom. The Kier molecular flexibility index (Phi) is 10.5. The molecule has 0 radical (unpaired) electrons. The number of aliphatic hydroxyl groups is 1. The van der Waals surface area contributed by atoms with Gasteiger partial charge >= 0.3 is 11.9 Å². The van der Waals surface area contributed by atoms with Crippen LogP contribution in [0.25, 0.3) is 0 Å². The minimum absolute atomic E-state index is 0.0376. The van der Waals surface area contributed by atoms with Gasteiger partial charge in [0.25, 0.3) is 0 Å². The van der Waals surface area contributed by atoms with Crippen LogP contribution in [0.1, 0.15) is 35.2 Å². The number of hydrogen-bond donors (Lipinski definition) is 2. The Morgan fingerprint density at radius 1 is 1.06 bits per heavy atom. The minimum atomic E-state index is -1.17. The number of hydrogen-bond acceptors (Lipinski definition) is 8. The molecule has 0 amide bonds. The zero-order chi connectivity index (χ0) is 22.6. The number of rotatable bonds is 13. The van der Waals surface area contributed by atoms with Gasteiger partial charge in [-0.15, -0.1) is 0 Å². The van der Waals surface area contributed by atoms with Crippen molar-refractivity contribution in [2.24, 2.45) is 5.92 Å². The number of carboxylic acids is 1. The Hall–Kier alpha value is -2.46. The molecule has 0 bridgehead atoms. The fourth-order valence-corrected chi connectivity index (χ4v) is 3.38. The van der Waals surface area contributed by atoms with Crippen molar-refractivity contribution in [2.75, 3.05) is 46.8 Å². The van der Waals surface area contributed by atoms with Crippen LogP contribution in [0.2, 0.25) is 0 Å². The van der Waals surface area contributed by atoms with Crippen LogP contribution in [0.3, 0.4) is 0 Å². The summed E-state index contributed by atoms with van der Waals surface area (Å²) in [6.07, 6.45) is 1.37. The first-order valence-electron chi connectivity index (χ1n) is 10.2. The zero-order valence-electron chi connectivity index (χ0n) is 17.8.